The Labute approximate surface area is 161 Å². The molecular weight excluding hydrogens is 371 g/mol. The van der Waals surface area contributed by atoms with E-state index in [2.05, 4.69) is 5.10 Å². The normalized spacial score (nSPS) is 18.9. The van der Waals surface area contributed by atoms with Crippen LogP contribution in [-0.4, -0.2) is 32.7 Å². The Morgan fingerprint density at radius 3 is 2.89 bits per heavy atom. The van der Waals surface area contributed by atoms with Crippen LogP contribution in [0.15, 0.2) is 17.2 Å². The molecule has 0 aliphatic carbocycles. The zero-order valence-corrected chi connectivity index (χ0v) is 16.6. The van der Waals surface area contributed by atoms with Crippen LogP contribution >= 0.6 is 11.8 Å². The minimum Gasteiger partial charge on any atom is -0.493 e. The number of ether oxygens (including phenoxy) is 2. The molecule has 1 aromatic carbocycles. The highest BCUT2D eigenvalue weighted by atomic mass is 32.2. The second-order valence-electron chi connectivity index (χ2n) is 6.42. The van der Waals surface area contributed by atoms with Crippen molar-refractivity contribution >= 4 is 16.9 Å². The quantitative estimate of drug-likeness (QED) is 0.765. The van der Waals surface area contributed by atoms with Gasteiger partial charge in [-0.15, -0.1) is 0 Å². The number of benzene rings is 1. The zero-order chi connectivity index (χ0) is 19.7. The van der Waals surface area contributed by atoms with Gasteiger partial charge in [0.25, 0.3) is 0 Å². The average molecular weight is 394 g/mol. The van der Waals surface area contributed by atoms with Crippen molar-refractivity contribution in [2.75, 3.05) is 6.61 Å². The summed E-state index contributed by atoms with van der Waals surface area (Å²) in [6, 6.07) is 1.30. The van der Waals surface area contributed by atoms with Crippen LogP contribution in [0.4, 0.5) is 4.39 Å². The monoisotopic (exact) mass is 394 g/mol. The lowest BCUT2D eigenvalue weighted by Crippen LogP contribution is -2.26. The second kappa shape index (κ2) is 7.90. The highest BCUT2D eigenvalue weighted by Gasteiger charge is 2.32. The summed E-state index contributed by atoms with van der Waals surface area (Å²) in [4.78, 5) is 13.1. The molecule has 0 spiro atoms. The Morgan fingerprint density at radius 1 is 1.52 bits per heavy atom. The van der Waals surface area contributed by atoms with E-state index in [-0.39, 0.29) is 29.4 Å². The van der Waals surface area contributed by atoms with Gasteiger partial charge in [0, 0.05) is 30.0 Å². The van der Waals surface area contributed by atoms with Crippen molar-refractivity contribution in [2.24, 2.45) is 0 Å². The lowest BCUT2D eigenvalue weighted by atomic mass is 9.95. The maximum atomic E-state index is 14.7. The number of hydrogen-bond donors (Lipinski definition) is 1. The molecule has 2 aromatic rings. The zero-order valence-electron chi connectivity index (χ0n) is 15.8. The van der Waals surface area contributed by atoms with Crippen LogP contribution in [0.25, 0.3) is 0 Å². The third-order valence-corrected chi connectivity index (χ3v) is 5.63. The molecule has 0 saturated heterocycles. The molecule has 0 radical (unpaired) electrons. The fourth-order valence-corrected chi connectivity index (χ4v) is 4.14. The van der Waals surface area contributed by atoms with E-state index in [9.17, 15) is 14.3 Å². The van der Waals surface area contributed by atoms with Gasteiger partial charge in [0.05, 0.1) is 18.4 Å². The van der Waals surface area contributed by atoms with Crippen LogP contribution in [-0.2, 0) is 11.3 Å². The van der Waals surface area contributed by atoms with Crippen LogP contribution in [0.1, 0.15) is 54.8 Å². The maximum absolute atomic E-state index is 14.7. The molecule has 1 aliphatic rings. The SMILES string of the molecule is CCOC1CC(C)Oc2c(F)cc(SC(=O)c3cnn(CC)c3O)c(C)c21. The molecule has 0 amide bonds. The number of rotatable bonds is 5. The van der Waals surface area contributed by atoms with Gasteiger partial charge in [0.2, 0.25) is 11.0 Å². The van der Waals surface area contributed by atoms with Crippen LogP contribution in [0.3, 0.4) is 0 Å². The number of aromatic nitrogens is 2. The number of hydrogen-bond acceptors (Lipinski definition) is 6. The highest BCUT2D eigenvalue weighted by molar-refractivity contribution is 8.14. The standard InChI is InChI=1S/C19H23FN2O4S/c1-5-22-18(23)12(9-21-22)19(24)27-15-8-13(20)17-16(11(15)4)14(25-6-2)7-10(3)26-17/h8-10,14,23H,5-7H2,1-4H3. The first-order valence-corrected chi connectivity index (χ1v) is 9.77. The van der Waals surface area contributed by atoms with E-state index < -0.39 is 10.9 Å². The summed E-state index contributed by atoms with van der Waals surface area (Å²) in [5, 5.41) is 13.7. The summed E-state index contributed by atoms with van der Waals surface area (Å²) < 4.78 is 27.5. The first kappa shape index (κ1) is 19.7. The van der Waals surface area contributed by atoms with Crippen LogP contribution < -0.4 is 4.74 Å². The second-order valence-corrected chi connectivity index (χ2v) is 7.43. The smallest absolute Gasteiger partial charge is 0.231 e. The maximum Gasteiger partial charge on any atom is 0.231 e. The van der Waals surface area contributed by atoms with Crippen molar-refractivity contribution in [1.82, 2.24) is 9.78 Å². The van der Waals surface area contributed by atoms with Crippen LogP contribution in [0.2, 0.25) is 0 Å². The lowest BCUT2D eigenvalue weighted by Gasteiger charge is -2.32. The predicted octanol–water partition coefficient (Wildman–Crippen LogP) is 4.24. The van der Waals surface area contributed by atoms with Crippen molar-refractivity contribution in [2.45, 2.75) is 57.8 Å². The Morgan fingerprint density at radius 2 is 2.26 bits per heavy atom. The van der Waals surface area contributed by atoms with E-state index in [1.54, 1.807) is 0 Å². The number of fused-ring (bicyclic) bond motifs is 1. The summed E-state index contributed by atoms with van der Waals surface area (Å²) in [7, 11) is 0. The molecule has 2 heterocycles. The van der Waals surface area contributed by atoms with E-state index in [4.69, 9.17) is 9.47 Å². The van der Waals surface area contributed by atoms with Gasteiger partial charge in [0.1, 0.15) is 5.56 Å². The van der Waals surface area contributed by atoms with Gasteiger partial charge in [-0.1, -0.05) is 0 Å². The third-order valence-electron chi connectivity index (χ3n) is 4.58. The van der Waals surface area contributed by atoms with Gasteiger partial charge in [-0.2, -0.15) is 5.10 Å². The minimum absolute atomic E-state index is 0.102. The molecule has 3 rings (SSSR count). The van der Waals surface area contributed by atoms with Gasteiger partial charge < -0.3 is 14.6 Å². The molecule has 2 unspecified atom stereocenters. The van der Waals surface area contributed by atoms with Gasteiger partial charge in [-0.25, -0.2) is 9.07 Å². The number of aryl methyl sites for hydroxylation is 1. The molecular formula is C19H23FN2O4S. The van der Waals surface area contributed by atoms with E-state index in [0.29, 0.717) is 30.0 Å². The van der Waals surface area contributed by atoms with Crippen molar-refractivity contribution in [3.8, 4) is 11.6 Å². The van der Waals surface area contributed by atoms with Gasteiger partial charge >= 0.3 is 0 Å². The van der Waals surface area contributed by atoms with Crippen molar-refractivity contribution in [3.05, 3.63) is 34.8 Å². The molecule has 0 fully saturated rings. The molecule has 27 heavy (non-hydrogen) atoms. The highest BCUT2D eigenvalue weighted by Crippen LogP contribution is 2.44. The molecule has 2 atom stereocenters. The fourth-order valence-electron chi connectivity index (χ4n) is 3.26. The number of carbonyl (C=O) groups excluding carboxylic acids is 1. The van der Waals surface area contributed by atoms with E-state index in [0.717, 1.165) is 17.3 Å². The third kappa shape index (κ3) is 3.68. The molecule has 0 saturated carbocycles. The Balaban J connectivity index is 1.97. The molecule has 1 aliphatic heterocycles. The van der Waals surface area contributed by atoms with E-state index in [1.165, 1.54) is 16.9 Å². The fraction of sp³-hybridized carbons (Fsp3) is 0.474. The topological polar surface area (TPSA) is 73.6 Å². The van der Waals surface area contributed by atoms with Crippen LogP contribution in [0, 0.1) is 12.7 Å². The largest absolute Gasteiger partial charge is 0.493 e. The van der Waals surface area contributed by atoms with Crippen molar-refractivity contribution in [3.63, 3.8) is 0 Å². The van der Waals surface area contributed by atoms with Gasteiger partial charge in [-0.05, 0) is 51.1 Å². The molecule has 6 nitrogen and oxygen atoms in total. The van der Waals surface area contributed by atoms with Crippen molar-refractivity contribution < 1.29 is 23.8 Å². The van der Waals surface area contributed by atoms with E-state index >= 15 is 0 Å². The Hall–Kier alpha value is -2.06. The van der Waals surface area contributed by atoms with Gasteiger partial charge in [-0.3, -0.25) is 4.79 Å². The molecule has 1 aromatic heterocycles. The number of aromatic hydroxyl groups is 1. The average Bonchev–Trinajstić information content (AvgIpc) is 3.00. The summed E-state index contributed by atoms with van der Waals surface area (Å²) in [5.41, 5.74) is 1.50. The number of carbonyl (C=O) groups is 1. The summed E-state index contributed by atoms with van der Waals surface area (Å²) >= 11 is 0.866. The number of nitrogens with zero attached hydrogens (tertiary/aromatic N) is 2. The number of thioether (sulfide) groups is 1. The molecule has 0 bridgehead atoms. The first-order valence-electron chi connectivity index (χ1n) is 8.95. The summed E-state index contributed by atoms with van der Waals surface area (Å²) in [6.45, 7) is 8.35. The lowest BCUT2D eigenvalue weighted by molar-refractivity contribution is 0.00855. The minimum atomic E-state index is -0.518. The summed E-state index contributed by atoms with van der Waals surface area (Å²) in [5.74, 6) is -0.505. The number of halogens is 1. The van der Waals surface area contributed by atoms with Crippen LogP contribution in [0.5, 0.6) is 11.6 Å². The predicted molar refractivity (Wildman–Crippen MR) is 100.0 cm³/mol. The summed E-state index contributed by atoms with van der Waals surface area (Å²) in [6.07, 6.45) is 1.51. The molecule has 8 heteroatoms. The van der Waals surface area contributed by atoms with Gasteiger partial charge in [0.15, 0.2) is 11.6 Å². The van der Waals surface area contributed by atoms with E-state index in [1.807, 2.05) is 27.7 Å². The van der Waals surface area contributed by atoms with Crippen molar-refractivity contribution in [1.29, 1.82) is 0 Å². The molecule has 1 N–H and O–H groups in total. The molecule has 146 valence electrons. The first-order chi connectivity index (χ1) is 12.9. The Bertz CT molecular complexity index is 868. The Kier molecular flexibility index (Phi) is 5.76.